The monoisotopic (exact) mass is 372 g/mol. The standard InChI is InChI=1S/C17H16N4O4S/c1-11-8-19(9-13(25-11)12-5-7-26-10-12)16-15(21(23)24)17(22)20-6-3-2-4-14(20)18-16/h2-7,10-11,13H,8-9H2,1H3. The summed E-state index contributed by atoms with van der Waals surface area (Å²) in [6.45, 7) is 2.74. The minimum Gasteiger partial charge on any atom is -0.367 e. The van der Waals surface area contributed by atoms with Crippen LogP contribution in [0.5, 0.6) is 0 Å². The number of nitrogens with zero attached hydrogens (tertiary/aromatic N) is 4. The molecule has 4 heterocycles. The van der Waals surface area contributed by atoms with E-state index in [1.165, 1.54) is 10.6 Å². The Balaban J connectivity index is 1.83. The van der Waals surface area contributed by atoms with Crippen LogP contribution >= 0.6 is 11.3 Å². The molecule has 9 heteroatoms. The number of rotatable bonds is 3. The van der Waals surface area contributed by atoms with Gasteiger partial charge in [-0.25, -0.2) is 4.98 Å². The molecular formula is C17H16N4O4S. The van der Waals surface area contributed by atoms with Gasteiger partial charge in [0.1, 0.15) is 11.8 Å². The summed E-state index contributed by atoms with van der Waals surface area (Å²) >= 11 is 1.57. The predicted molar refractivity (Wildman–Crippen MR) is 97.9 cm³/mol. The zero-order valence-corrected chi connectivity index (χ0v) is 14.8. The molecule has 0 amide bonds. The molecule has 1 aliphatic rings. The van der Waals surface area contributed by atoms with Gasteiger partial charge in [-0.3, -0.25) is 19.3 Å². The van der Waals surface area contributed by atoms with Gasteiger partial charge >= 0.3 is 11.2 Å². The maximum Gasteiger partial charge on any atom is 0.376 e. The molecule has 8 nitrogen and oxygen atoms in total. The maximum atomic E-state index is 12.7. The van der Waals surface area contributed by atoms with Crippen LogP contribution in [0.2, 0.25) is 0 Å². The van der Waals surface area contributed by atoms with Crippen molar-refractivity contribution in [2.24, 2.45) is 0 Å². The molecule has 2 unspecified atom stereocenters. The van der Waals surface area contributed by atoms with E-state index in [9.17, 15) is 14.9 Å². The molecule has 0 aliphatic carbocycles. The summed E-state index contributed by atoms with van der Waals surface area (Å²) in [4.78, 5) is 29.8. The molecular weight excluding hydrogens is 356 g/mol. The summed E-state index contributed by atoms with van der Waals surface area (Å²) < 4.78 is 7.18. The fourth-order valence-corrected chi connectivity index (χ4v) is 3.92. The summed E-state index contributed by atoms with van der Waals surface area (Å²) in [6, 6.07) is 7.02. The van der Waals surface area contributed by atoms with Gasteiger partial charge in [0.2, 0.25) is 5.82 Å². The van der Waals surface area contributed by atoms with Crippen molar-refractivity contribution in [3.8, 4) is 0 Å². The normalized spacial score (nSPS) is 20.4. The quantitative estimate of drug-likeness (QED) is 0.519. The van der Waals surface area contributed by atoms with Crippen LogP contribution in [0.15, 0.2) is 46.0 Å². The second kappa shape index (κ2) is 6.50. The van der Waals surface area contributed by atoms with Gasteiger partial charge in [-0.05, 0) is 41.4 Å². The van der Waals surface area contributed by atoms with Crippen molar-refractivity contribution in [1.29, 1.82) is 0 Å². The topological polar surface area (TPSA) is 90.0 Å². The highest BCUT2D eigenvalue weighted by atomic mass is 32.1. The van der Waals surface area contributed by atoms with Crippen LogP contribution in [0.3, 0.4) is 0 Å². The van der Waals surface area contributed by atoms with E-state index in [0.717, 1.165) is 5.56 Å². The molecule has 0 radical (unpaired) electrons. The largest absolute Gasteiger partial charge is 0.376 e. The molecule has 2 atom stereocenters. The van der Waals surface area contributed by atoms with E-state index < -0.39 is 16.2 Å². The molecule has 3 aromatic rings. The smallest absolute Gasteiger partial charge is 0.367 e. The predicted octanol–water partition coefficient (Wildman–Crippen LogP) is 2.63. The number of ether oxygens (including phenoxy) is 1. The Labute approximate surface area is 152 Å². The first kappa shape index (κ1) is 16.7. The Morgan fingerprint density at radius 3 is 2.92 bits per heavy atom. The Morgan fingerprint density at radius 2 is 2.19 bits per heavy atom. The number of thiophene rings is 1. The van der Waals surface area contributed by atoms with Crippen LogP contribution in [-0.2, 0) is 4.74 Å². The van der Waals surface area contributed by atoms with Crippen LogP contribution in [0.25, 0.3) is 5.65 Å². The van der Waals surface area contributed by atoms with Gasteiger partial charge < -0.3 is 9.64 Å². The van der Waals surface area contributed by atoms with Gasteiger partial charge in [0.15, 0.2) is 0 Å². The maximum absolute atomic E-state index is 12.7. The van der Waals surface area contributed by atoms with Gasteiger partial charge in [-0.15, -0.1) is 0 Å². The third-order valence-electron chi connectivity index (χ3n) is 4.35. The second-order valence-corrected chi connectivity index (χ2v) is 6.95. The number of morpholine rings is 1. The fraction of sp³-hybridized carbons (Fsp3) is 0.294. The van der Waals surface area contributed by atoms with Gasteiger partial charge in [0, 0.05) is 12.7 Å². The first-order chi connectivity index (χ1) is 12.5. The third-order valence-corrected chi connectivity index (χ3v) is 5.05. The summed E-state index contributed by atoms with van der Waals surface area (Å²) in [5.41, 5.74) is 0.213. The highest BCUT2D eigenvalue weighted by molar-refractivity contribution is 7.07. The Kier molecular flexibility index (Phi) is 4.17. The lowest BCUT2D eigenvalue weighted by Crippen LogP contribution is -2.44. The molecule has 4 rings (SSSR count). The molecule has 0 saturated carbocycles. The first-order valence-corrected chi connectivity index (χ1v) is 9.07. The Hall–Kier alpha value is -2.78. The number of fused-ring (bicyclic) bond motifs is 1. The van der Waals surface area contributed by atoms with Gasteiger partial charge in [-0.2, -0.15) is 11.3 Å². The van der Waals surface area contributed by atoms with Crippen LogP contribution in [0.4, 0.5) is 11.5 Å². The highest BCUT2D eigenvalue weighted by Gasteiger charge is 2.34. The van der Waals surface area contributed by atoms with E-state index in [2.05, 4.69) is 4.98 Å². The van der Waals surface area contributed by atoms with Crippen molar-refractivity contribution in [2.45, 2.75) is 19.1 Å². The summed E-state index contributed by atoms with van der Waals surface area (Å²) in [7, 11) is 0. The molecule has 3 aromatic heterocycles. The first-order valence-electron chi connectivity index (χ1n) is 8.13. The number of aromatic nitrogens is 2. The van der Waals surface area contributed by atoms with Crippen molar-refractivity contribution in [3.05, 3.63) is 67.3 Å². The molecule has 0 N–H and O–H groups in total. The summed E-state index contributed by atoms with van der Waals surface area (Å²) in [5.74, 6) is 0.0987. The highest BCUT2D eigenvalue weighted by Crippen LogP contribution is 2.32. The molecule has 0 aromatic carbocycles. The van der Waals surface area contributed by atoms with E-state index in [0.29, 0.717) is 18.7 Å². The Bertz CT molecular complexity index is 1020. The van der Waals surface area contributed by atoms with Crippen molar-refractivity contribution in [3.63, 3.8) is 0 Å². The molecule has 1 fully saturated rings. The SMILES string of the molecule is CC1CN(c2nc3ccccn3c(=O)c2[N+](=O)[O-])CC(c2ccsc2)O1. The third kappa shape index (κ3) is 2.85. The number of hydrogen-bond acceptors (Lipinski definition) is 7. The van der Waals surface area contributed by atoms with Crippen molar-refractivity contribution < 1.29 is 9.66 Å². The number of pyridine rings is 1. The van der Waals surface area contributed by atoms with Crippen molar-refractivity contribution >= 4 is 28.5 Å². The molecule has 0 spiro atoms. The lowest BCUT2D eigenvalue weighted by atomic mass is 10.1. The van der Waals surface area contributed by atoms with Crippen molar-refractivity contribution in [1.82, 2.24) is 9.38 Å². The Morgan fingerprint density at radius 1 is 1.35 bits per heavy atom. The average molecular weight is 372 g/mol. The van der Waals surface area contributed by atoms with E-state index in [1.54, 1.807) is 34.4 Å². The lowest BCUT2D eigenvalue weighted by molar-refractivity contribution is -0.385. The summed E-state index contributed by atoms with van der Waals surface area (Å²) in [5, 5.41) is 15.6. The molecule has 0 bridgehead atoms. The van der Waals surface area contributed by atoms with E-state index in [-0.39, 0.29) is 18.0 Å². The van der Waals surface area contributed by atoms with Gasteiger partial charge in [-0.1, -0.05) is 6.07 Å². The number of nitro groups is 1. The number of anilines is 1. The second-order valence-electron chi connectivity index (χ2n) is 6.17. The molecule has 26 heavy (non-hydrogen) atoms. The molecule has 134 valence electrons. The molecule has 1 aliphatic heterocycles. The minimum absolute atomic E-state index is 0.0987. The van der Waals surface area contributed by atoms with Crippen LogP contribution in [-0.4, -0.2) is 33.5 Å². The average Bonchev–Trinajstić information content (AvgIpc) is 3.15. The van der Waals surface area contributed by atoms with Crippen LogP contribution in [0, 0.1) is 10.1 Å². The zero-order valence-electron chi connectivity index (χ0n) is 13.9. The van der Waals surface area contributed by atoms with E-state index >= 15 is 0 Å². The van der Waals surface area contributed by atoms with Crippen LogP contribution < -0.4 is 10.5 Å². The van der Waals surface area contributed by atoms with Crippen molar-refractivity contribution in [2.75, 3.05) is 18.0 Å². The zero-order chi connectivity index (χ0) is 18.3. The fourth-order valence-electron chi connectivity index (χ4n) is 3.21. The lowest BCUT2D eigenvalue weighted by Gasteiger charge is -2.37. The van der Waals surface area contributed by atoms with E-state index in [1.807, 2.05) is 23.8 Å². The summed E-state index contributed by atoms with van der Waals surface area (Å²) in [6.07, 6.45) is 1.11. The van der Waals surface area contributed by atoms with E-state index in [4.69, 9.17) is 4.74 Å². The van der Waals surface area contributed by atoms with Crippen LogP contribution in [0.1, 0.15) is 18.6 Å². The number of hydrogen-bond donors (Lipinski definition) is 0. The van der Waals surface area contributed by atoms with Gasteiger partial charge in [0.05, 0.1) is 17.6 Å². The minimum atomic E-state index is -0.679. The molecule has 1 saturated heterocycles. The van der Waals surface area contributed by atoms with Gasteiger partial charge in [0.25, 0.3) is 0 Å².